The molecule has 0 radical (unpaired) electrons. The molecule has 1 unspecified atom stereocenters. The number of hydrogen-bond donors (Lipinski definition) is 2. The fraction of sp³-hybridized carbons (Fsp3) is 0.391. The predicted molar refractivity (Wildman–Crippen MR) is 135 cm³/mol. The lowest BCUT2D eigenvalue weighted by Gasteiger charge is -2.29. The van der Waals surface area contributed by atoms with Gasteiger partial charge in [-0.3, -0.25) is 9.79 Å². The van der Waals surface area contributed by atoms with Gasteiger partial charge in [0.1, 0.15) is 5.75 Å². The Morgan fingerprint density at radius 3 is 2.81 bits per heavy atom. The summed E-state index contributed by atoms with van der Waals surface area (Å²) in [6, 6.07) is 12.3. The number of fused-ring (bicyclic) bond motifs is 1. The van der Waals surface area contributed by atoms with E-state index in [4.69, 9.17) is 9.47 Å². The first-order valence-electron chi connectivity index (χ1n) is 10.4. The Labute approximate surface area is 205 Å². The van der Waals surface area contributed by atoms with E-state index in [1.165, 1.54) is 13.2 Å². The molecule has 1 atom stereocenters. The van der Waals surface area contributed by atoms with Crippen LogP contribution in [0.3, 0.4) is 0 Å². The summed E-state index contributed by atoms with van der Waals surface area (Å²) in [5.74, 6) is 1.13. The fourth-order valence-electron chi connectivity index (χ4n) is 3.38. The number of guanidine groups is 1. The summed E-state index contributed by atoms with van der Waals surface area (Å²) in [6.45, 7) is 5.77. The number of rotatable bonds is 8. The number of nitrogens with zero attached hydrogens (tertiary/aromatic N) is 2. The third-order valence-corrected chi connectivity index (χ3v) is 4.99. The quantitative estimate of drug-likeness (QED) is 0.224. The first kappa shape index (κ1) is 25.7. The van der Waals surface area contributed by atoms with Crippen LogP contribution in [0.1, 0.15) is 31.9 Å². The van der Waals surface area contributed by atoms with Gasteiger partial charge in [0.05, 0.1) is 18.8 Å². The highest BCUT2D eigenvalue weighted by Gasteiger charge is 2.24. The molecule has 0 bridgehead atoms. The van der Waals surface area contributed by atoms with Crippen molar-refractivity contribution in [1.29, 1.82) is 0 Å². The van der Waals surface area contributed by atoms with Gasteiger partial charge in [-0.2, -0.15) is 0 Å². The van der Waals surface area contributed by atoms with Crippen molar-refractivity contribution in [3.8, 4) is 11.5 Å². The summed E-state index contributed by atoms with van der Waals surface area (Å²) in [6.07, 6.45) is 0.697. The van der Waals surface area contributed by atoms with Crippen LogP contribution in [0.5, 0.6) is 11.5 Å². The topological polar surface area (TPSA) is 75.2 Å². The summed E-state index contributed by atoms with van der Waals surface area (Å²) in [5, 5.41) is 6.50. The van der Waals surface area contributed by atoms with Crippen LogP contribution < -0.4 is 25.0 Å². The molecule has 7 nitrogen and oxygen atoms in total. The van der Waals surface area contributed by atoms with Gasteiger partial charge in [-0.25, -0.2) is 4.39 Å². The van der Waals surface area contributed by atoms with E-state index in [1.54, 1.807) is 11.0 Å². The average Bonchev–Trinajstić information content (AvgIpc) is 2.77. The minimum Gasteiger partial charge on any atom is -0.494 e. The van der Waals surface area contributed by atoms with Crippen molar-refractivity contribution in [2.24, 2.45) is 4.99 Å². The molecule has 9 heteroatoms. The Balaban J connectivity index is 0.00000363. The maximum Gasteiger partial charge on any atom is 0.265 e. The molecule has 174 valence electrons. The highest BCUT2D eigenvalue weighted by atomic mass is 127. The second-order valence-corrected chi connectivity index (χ2v) is 7.18. The van der Waals surface area contributed by atoms with Crippen molar-refractivity contribution < 1.29 is 18.7 Å². The minimum absolute atomic E-state index is 0. The van der Waals surface area contributed by atoms with Gasteiger partial charge in [0.2, 0.25) is 0 Å². The van der Waals surface area contributed by atoms with Crippen LogP contribution in [0.4, 0.5) is 10.1 Å². The standard InChI is InChI=1S/C23H29FN4O3.HI/c1-4-25-23(27-16(2)17-10-11-20(30-3)18(24)14-17)26-12-7-13-28-19-8-5-6-9-21(19)31-15-22(28)29;/h5-6,8-11,14,16H,4,7,12-13,15H2,1-3H3,(H2,25,26,27);1H. The van der Waals surface area contributed by atoms with Crippen LogP contribution in [-0.4, -0.2) is 45.2 Å². The van der Waals surface area contributed by atoms with Crippen LogP contribution in [0.25, 0.3) is 0 Å². The van der Waals surface area contributed by atoms with Crippen molar-refractivity contribution in [3.05, 3.63) is 53.8 Å². The normalized spacial score (nSPS) is 14.1. The number of methoxy groups -OCH3 is 1. The van der Waals surface area contributed by atoms with Crippen molar-refractivity contribution >= 4 is 41.5 Å². The smallest absolute Gasteiger partial charge is 0.265 e. The van der Waals surface area contributed by atoms with Crippen molar-refractivity contribution in [1.82, 2.24) is 10.6 Å². The molecule has 0 aromatic heterocycles. The van der Waals surface area contributed by atoms with E-state index >= 15 is 0 Å². The number of anilines is 1. The molecule has 0 saturated heterocycles. The Morgan fingerprint density at radius 2 is 2.09 bits per heavy atom. The van der Waals surface area contributed by atoms with Crippen molar-refractivity contribution in [2.45, 2.75) is 26.3 Å². The molecule has 1 heterocycles. The number of carbonyl (C=O) groups is 1. The summed E-state index contributed by atoms with van der Waals surface area (Å²) >= 11 is 0. The Morgan fingerprint density at radius 1 is 1.31 bits per heavy atom. The third-order valence-electron chi connectivity index (χ3n) is 4.99. The van der Waals surface area contributed by atoms with Crippen LogP contribution in [0.15, 0.2) is 47.5 Å². The molecule has 0 spiro atoms. The van der Waals surface area contributed by atoms with Crippen LogP contribution in [0.2, 0.25) is 0 Å². The molecule has 0 saturated carbocycles. The maximum absolute atomic E-state index is 14.0. The maximum atomic E-state index is 14.0. The summed E-state index contributed by atoms with van der Waals surface area (Å²) in [4.78, 5) is 18.6. The average molecular weight is 556 g/mol. The number of aliphatic imine (C=N–C) groups is 1. The first-order chi connectivity index (χ1) is 15.0. The molecule has 1 aliphatic rings. The molecule has 0 aliphatic carbocycles. The van der Waals surface area contributed by atoms with Gasteiger partial charge in [0.15, 0.2) is 24.1 Å². The van der Waals surface area contributed by atoms with Gasteiger partial charge in [0, 0.05) is 19.6 Å². The molecular weight excluding hydrogens is 526 g/mol. The number of ether oxygens (including phenoxy) is 2. The van der Waals surface area contributed by atoms with Gasteiger partial charge in [-0.05, 0) is 50.1 Å². The summed E-state index contributed by atoms with van der Waals surface area (Å²) in [5.41, 5.74) is 1.59. The lowest BCUT2D eigenvalue weighted by atomic mass is 10.1. The second kappa shape index (κ2) is 12.5. The van der Waals surface area contributed by atoms with Crippen molar-refractivity contribution in [2.75, 3.05) is 38.3 Å². The number of halogens is 2. The zero-order chi connectivity index (χ0) is 22.2. The van der Waals surface area contributed by atoms with E-state index in [-0.39, 0.29) is 48.3 Å². The summed E-state index contributed by atoms with van der Waals surface area (Å²) < 4.78 is 24.5. The highest BCUT2D eigenvalue weighted by Crippen LogP contribution is 2.31. The SMILES string of the molecule is CCNC(=NCCCN1C(=O)COc2ccccc21)NC(C)c1ccc(OC)c(F)c1.I. The third kappa shape index (κ3) is 6.47. The van der Waals surface area contributed by atoms with E-state index in [1.807, 2.05) is 44.2 Å². The Kier molecular flexibility index (Phi) is 10.0. The number of amides is 1. The molecule has 1 amide bonds. The van der Waals surface area contributed by atoms with Gasteiger partial charge in [-0.1, -0.05) is 18.2 Å². The van der Waals surface area contributed by atoms with Crippen LogP contribution in [-0.2, 0) is 4.79 Å². The zero-order valence-corrected chi connectivity index (χ0v) is 20.9. The van der Waals surface area contributed by atoms with Gasteiger partial charge < -0.3 is 25.0 Å². The predicted octanol–water partition coefficient (Wildman–Crippen LogP) is 3.88. The monoisotopic (exact) mass is 556 g/mol. The second-order valence-electron chi connectivity index (χ2n) is 7.18. The van der Waals surface area contributed by atoms with E-state index < -0.39 is 5.82 Å². The fourth-order valence-corrected chi connectivity index (χ4v) is 3.38. The molecule has 2 aromatic carbocycles. The first-order valence-corrected chi connectivity index (χ1v) is 10.4. The van der Waals surface area contributed by atoms with Gasteiger partial charge in [-0.15, -0.1) is 24.0 Å². The number of hydrogen-bond acceptors (Lipinski definition) is 4. The van der Waals surface area contributed by atoms with Crippen molar-refractivity contribution in [3.63, 3.8) is 0 Å². The Hall–Kier alpha value is -2.56. The molecule has 1 aliphatic heterocycles. The van der Waals surface area contributed by atoms with E-state index in [0.717, 1.165) is 17.0 Å². The number of carbonyl (C=O) groups excluding carboxylic acids is 1. The Bertz CT molecular complexity index is 941. The lowest BCUT2D eigenvalue weighted by molar-refractivity contribution is -0.121. The highest BCUT2D eigenvalue weighted by molar-refractivity contribution is 14.0. The lowest BCUT2D eigenvalue weighted by Crippen LogP contribution is -2.40. The number of benzene rings is 2. The largest absolute Gasteiger partial charge is 0.494 e. The summed E-state index contributed by atoms with van der Waals surface area (Å²) in [7, 11) is 1.44. The molecular formula is C23H30FIN4O3. The van der Waals surface area contributed by atoms with Crippen LogP contribution in [0, 0.1) is 5.82 Å². The van der Waals surface area contributed by atoms with Gasteiger partial charge in [0.25, 0.3) is 5.91 Å². The molecule has 2 aromatic rings. The molecule has 2 N–H and O–H groups in total. The molecule has 3 rings (SSSR count). The molecule has 32 heavy (non-hydrogen) atoms. The number of para-hydroxylation sites is 2. The zero-order valence-electron chi connectivity index (χ0n) is 18.6. The van der Waals surface area contributed by atoms with E-state index in [9.17, 15) is 9.18 Å². The van der Waals surface area contributed by atoms with Gasteiger partial charge >= 0.3 is 0 Å². The van der Waals surface area contributed by atoms with E-state index in [0.29, 0.717) is 32.0 Å². The minimum atomic E-state index is -0.397. The van der Waals surface area contributed by atoms with E-state index in [2.05, 4.69) is 15.6 Å². The molecule has 0 fully saturated rings. The van der Waals surface area contributed by atoms with Crippen LogP contribution >= 0.6 is 24.0 Å². The number of nitrogens with one attached hydrogen (secondary N) is 2.